The minimum atomic E-state index is 0.491. The molecule has 72 valence electrons. The molecule has 0 fully saturated rings. The van der Waals surface area contributed by atoms with Gasteiger partial charge in [-0.1, -0.05) is 24.3 Å². The molecule has 0 aliphatic rings. The molecule has 3 heteroatoms. The van der Waals surface area contributed by atoms with Crippen LogP contribution in [0.2, 0.25) is 0 Å². The fraction of sp³-hybridized carbons (Fsp3) is 0.400. The normalized spacial score (nSPS) is 10.3. The van der Waals surface area contributed by atoms with Crippen molar-refractivity contribution in [2.24, 2.45) is 0 Å². The van der Waals surface area contributed by atoms with Gasteiger partial charge in [0.05, 0.1) is 6.61 Å². The van der Waals surface area contributed by atoms with E-state index in [1.54, 1.807) is 7.11 Å². The summed E-state index contributed by atoms with van der Waals surface area (Å²) in [5, 5.41) is 8.46. The molecule has 0 amide bonds. The fourth-order valence-corrected chi connectivity index (χ4v) is 1.13. The average molecular weight is 181 g/mol. The van der Waals surface area contributed by atoms with Gasteiger partial charge in [-0.15, -0.1) is 0 Å². The summed E-state index contributed by atoms with van der Waals surface area (Å²) < 4.78 is 4.97. The highest BCUT2D eigenvalue weighted by atomic mass is 16.5. The monoisotopic (exact) mass is 181 g/mol. The van der Waals surface area contributed by atoms with Gasteiger partial charge in [0.15, 0.2) is 0 Å². The molecule has 3 nitrogen and oxygen atoms in total. The highest BCUT2D eigenvalue weighted by Crippen LogP contribution is 2.04. The second-order valence-electron chi connectivity index (χ2n) is 2.89. The number of hydrogen-bond acceptors (Lipinski definition) is 3. The topological polar surface area (TPSA) is 41.5 Å². The summed E-state index contributed by atoms with van der Waals surface area (Å²) in [6.45, 7) is 1.24. The Bertz CT molecular complexity index is 233. The van der Waals surface area contributed by atoms with Gasteiger partial charge in [-0.25, -0.2) is 5.48 Å². The van der Waals surface area contributed by atoms with Crippen LogP contribution >= 0.6 is 0 Å². The first kappa shape index (κ1) is 10.2. The molecule has 1 rings (SSSR count). The van der Waals surface area contributed by atoms with Crippen molar-refractivity contribution in [1.82, 2.24) is 5.48 Å². The number of nitrogens with one attached hydrogen (secondary N) is 1. The molecule has 0 radical (unpaired) electrons. The number of hydroxylamine groups is 1. The Morgan fingerprint density at radius 3 is 2.38 bits per heavy atom. The first-order valence-electron chi connectivity index (χ1n) is 4.30. The molecule has 0 spiro atoms. The summed E-state index contributed by atoms with van der Waals surface area (Å²) in [5.74, 6) is 0. The lowest BCUT2D eigenvalue weighted by atomic mass is 10.1. The maximum absolute atomic E-state index is 8.46. The maximum atomic E-state index is 8.46. The van der Waals surface area contributed by atoms with Crippen LogP contribution < -0.4 is 5.48 Å². The molecule has 0 unspecified atom stereocenters. The molecule has 0 saturated carbocycles. The standard InChI is InChI=1S/C10H15NO2/c1-13-7-6-9-2-4-10(5-3-9)8-11-12/h2-5,11-12H,6-8H2,1H3. The van der Waals surface area contributed by atoms with E-state index >= 15 is 0 Å². The van der Waals surface area contributed by atoms with Gasteiger partial charge in [0.25, 0.3) is 0 Å². The fourth-order valence-electron chi connectivity index (χ4n) is 1.13. The van der Waals surface area contributed by atoms with E-state index in [0.29, 0.717) is 6.54 Å². The zero-order valence-electron chi connectivity index (χ0n) is 7.79. The predicted octanol–water partition coefficient (Wildman–Crippen LogP) is 1.35. The summed E-state index contributed by atoms with van der Waals surface area (Å²) in [4.78, 5) is 0. The second-order valence-corrected chi connectivity index (χ2v) is 2.89. The van der Waals surface area contributed by atoms with Crippen molar-refractivity contribution in [2.75, 3.05) is 13.7 Å². The molecule has 0 heterocycles. The second kappa shape index (κ2) is 5.70. The van der Waals surface area contributed by atoms with Gasteiger partial charge in [-0.3, -0.25) is 0 Å². The Labute approximate surface area is 78.3 Å². The van der Waals surface area contributed by atoms with E-state index in [4.69, 9.17) is 9.94 Å². The third-order valence-corrected chi connectivity index (χ3v) is 1.90. The molecule has 2 N–H and O–H groups in total. The van der Waals surface area contributed by atoms with Gasteiger partial charge >= 0.3 is 0 Å². The minimum Gasteiger partial charge on any atom is -0.384 e. The quantitative estimate of drug-likeness (QED) is 0.674. The van der Waals surface area contributed by atoms with E-state index in [-0.39, 0.29) is 0 Å². The average Bonchev–Trinajstić information content (AvgIpc) is 2.17. The largest absolute Gasteiger partial charge is 0.384 e. The van der Waals surface area contributed by atoms with E-state index in [1.807, 2.05) is 24.3 Å². The van der Waals surface area contributed by atoms with E-state index in [1.165, 1.54) is 5.56 Å². The SMILES string of the molecule is COCCc1ccc(CNO)cc1. The predicted molar refractivity (Wildman–Crippen MR) is 50.6 cm³/mol. The van der Waals surface area contributed by atoms with Crippen LogP contribution in [0.3, 0.4) is 0 Å². The summed E-state index contributed by atoms with van der Waals surface area (Å²) in [7, 11) is 1.70. The molecule has 0 saturated heterocycles. The molecule has 1 aromatic rings. The first-order valence-corrected chi connectivity index (χ1v) is 4.30. The van der Waals surface area contributed by atoms with Gasteiger partial charge in [0.1, 0.15) is 0 Å². The number of benzene rings is 1. The molecule has 0 atom stereocenters. The molecule has 0 bridgehead atoms. The summed E-state index contributed by atoms with van der Waals surface area (Å²) >= 11 is 0. The molecule has 0 aromatic heterocycles. The zero-order valence-corrected chi connectivity index (χ0v) is 7.79. The number of hydrogen-bond donors (Lipinski definition) is 2. The van der Waals surface area contributed by atoms with E-state index in [9.17, 15) is 0 Å². The van der Waals surface area contributed by atoms with Gasteiger partial charge < -0.3 is 9.94 Å². The maximum Gasteiger partial charge on any atom is 0.0502 e. The molecular formula is C10H15NO2. The minimum absolute atomic E-state index is 0.491. The number of rotatable bonds is 5. The van der Waals surface area contributed by atoms with Crippen molar-refractivity contribution in [3.8, 4) is 0 Å². The lowest BCUT2D eigenvalue weighted by Crippen LogP contribution is -2.05. The van der Waals surface area contributed by atoms with Crippen LogP contribution in [0.5, 0.6) is 0 Å². The smallest absolute Gasteiger partial charge is 0.0502 e. The third kappa shape index (κ3) is 3.55. The molecule has 1 aromatic carbocycles. The van der Waals surface area contributed by atoms with Gasteiger partial charge in [-0.05, 0) is 17.5 Å². The molecule has 0 aliphatic heterocycles. The Morgan fingerprint density at radius 1 is 1.23 bits per heavy atom. The lowest BCUT2D eigenvalue weighted by molar-refractivity contribution is 0.161. The van der Waals surface area contributed by atoms with E-state index in [0.717, 1.165) is 18.6 Å². The highest BCUT2D eigenvalue weighted by molar-refractivity contribution is 5.22. The molecule has 0 aliphatic carbocycles. The van der Waals surface area contributed by atoms with Crippen LogP contribution in [-0.4, -0.2) is 18.9 Å². The van der Waals surface area contributed by atoms with Crippen LogP contribution in [0.25, 0.3) is 0 Å². The molecular weight excluding hydrogens is 166 g/mol. The summed E-state index contributed by atoms with van der Waals surface area (Å²) in [6.07, 6.45) is 0.934. The van der Waals surface area contributed by atoms with Crippen LogP contribution in [0.1, 0.15) is 11.1 Å². The van der Waals surface area contributed by atoms with Crippen LogP contribution in [0.15, 0.2) is 24.3 Å². The van der Waals surface area contributed by atoms with Crippen molar-refractivity contribution in [2.45, 2.75) is 13.0 Å². The van der Waals surface area contributed by atoms with Crippen LogP contribution in [0, 0.1) is 0 Å². The van der Waals surface area contributed by atoms with E-state index in [2.05, 4.69) is 5.48 Å². The van der Waals surface area contributed by atoms with Gasteiger partial charge in [-0.2, -0.15) is 0 Å². The van der Waals surface area contributed by atoms with Gasteiger partial charge in [0.2, 0.25) is 0 Å². The van der Waals surface area contributed by atoms with Crippen LogP contribution in [0.4, 0.5) is 0 Å². The van der Waals surface area contributed by atoms with Crippen molar-refractivity contribution in [3.63, 3.8) is 0 Å². The highest BCUT2D eigenvalue weighted by Gasteiger charge is 1.93. The Morgan fingerprint density at radius 2 is 1.85 bits per heavy atom. The Kier molecular flexibility index (Phi) is 4.46. The van der Waals surface area contributed by atoms with Crippen molar-refractivity contribution < 1.29 is 9.94 Å². The molecule has 13 heavy (non-hydrogen) atoms. The first-order chi connectivity index (χ1) is 6.36. The number of methoxy groups -OCH3 is 1. The Balaban J connectivity index is 2.48. The zero-order chi connectivity index (χ0) is 9.52. The number of ether oxygens (including phenoxy) is 1. The Hall–Kier alpha value is -0.900. The third-order valence-electron chi connectivity index (χ3n) is 1.90. The van der Waals surface area contributed by atoms with E-state index < -0.39 is 0 Å². The van der Waals surface area contributed by atoms with Crippen molar-refractivity contribution in [1.29, 1.82) is 0 Å². The summed E-state index contributed by atoms with van der Waals surface area (Å²) in [5.41, 5.74) is 4.45. The lowest BCUT2D eigenvalue weighted by Gasteiger charge is -2.02. The van der Waals surface area contributed by atoms with Crippen LogP contribution in [-0.2, 0) is 17.7 Å². The van der Waals surface area contributed by atoms with Gasteiger partial charge in [0, 0.05) is 13.7 Å². The summed E-state index contributed by atoms with van der Waals surface area (Å²) in [6, 6.07) is 8.08. The van der Waals surface area contributed by atoms with Crippen molar-refractivity contribution >= 4 is 0 Å². The van der Waals surface area contributed by atoms with Crippen molar-refractivity contribution in [3.05, 3.63) is 35.4 Å².